The number of hydrogen-bond acceptors (Lipinski definition) is 4. The minimum absolute atomic E-state index is 0.0802. The lowest BCUT2D eigenvalue weighted by Crippen LogP contribution is -2.30. The summed E-state index contributed by atoms with van der Waals surface area (Å²) in [5.41, 5.74) is 0.753. The number of allylic oxidation sites excluding steroid dienone is 2. The van der Waals surface area contributed by atoms with E-state index in [4.69, 9.17) is 4.52 Å². The van der Waals surface area contributed by atoms with Gasteiger partial charge < -0.3 is 4.52 Å². The summed E-state index contributed by atoms with van der Waals surface area (Å²) in [6.07, 6.45) is 5.30. The molecular weight excluding hydrogens is 232 g/mol. The summed E-state index contributed by atoms with van der Waals surface area (Å²) in [7, 11) is 0. The zero-order valence-corrected chi connectivity index (χ0v) is 10.1. The third-order valence-corrected chi connectivity index (χ3v) is 3.59. The molecule has 2 heterocycles. The topological polar surface area (TPSA) is 63.4 Å². The second-order valence-electron chi connectivity index (χ2n) is 4.85. The normalized spacial score (nSPS) is 26.8. The number of imide groups is 1. The molecular formula is C13H14N2O3. The summed E-state index contributed by atoms with van der Waals surface area (Å²) in [6, 6.07) is 1.75. The smallest absolute Gasteiger partial charge is 0.233 e. The maximum Gasteiger partial charge on any atom is 0.233 e. The molecule has 94 valence electrons. The molecule has 1 aliphatic heterocycles. The Morgan fingerprint density at radius 3 is 2.39 bits per heavy atom. The van der Waals surface area contributed by atoms with Gasteiger partial charge in [-0.3, -0.25) is 14.5 Å². The SMILES string of the molecule is Cc1cc(CN2C(=O)C3CC=CCC3C2=O)on1. The molecule has 1 aromatic heterocycles. The highest BCUT2D eigenvalue weighted by Gasteiger charge is 2.47. The Bertz CT molecular complexity index is 506. The number of amides is 2. The van der Waals surface area contributed by atoms with Crippen molar-refractivity contribution < 1.29 is 14.1 Å². The zero-order valence-electron chi connectivity index (χ0n) is 10.1. The molecule has 1 saturated heterocycles. The van der Waals surface area contributed by atoms with Gasteiger partial charge in [-0.15, -0.1) is 0 Å². The fraction of sp³-hybridized carbons (Fsp3) is 0.462. The van der Waals surface area contributed by atoms with E-state index in [1.165, 1.54) is 4.90 Å². The maximum absolute atomic E-state index is 12.2. The molecule has 5 nitrogen and oxygen atoms in total. The highest BCUT2D eigenvalue weighted by molar-refractivity contribution is 6.05. The predicted molar refractivity (Wildman–Crippen MR) is 62.2 cm³/mol. The van der Waals surface area contributed by atoms with Crippen LogP contribution in [-0.4, -0.2) is 21.9 Å². The second kappa shape index (κ2) is 4.08. The maximum atomic E-state index is 12.2. The van der Waals surface area contributed by atoms with Crippen molar-refractivity contribution in [3.63, 3.8) is 0 Å². The number of hydrogen-bond donors (Lipinski definition) is 0. The third-order valence-electron chi connectivity index (χ3n) is 3.59. The van der Waals surface area contributed by atoms with Crippen molar-refractivity contribution in [2.24, 2.45) is 11.8 Å². The van der Waals surface area contributed by atoms with E-state index < -0.39 is 0 Å². The average molecular weight is 246 g/mol. The van der Waals surface area contributed by atoms with Gasteiger partial charge >= 0.3 is 0 Å². The van der Waals surface area contributed by atoms with E-state index in [0.29, 0.717) is 18.6 Å². The quantitative estimate of drug-likeness (QED) is 0.585. The summed E-state index contributed by atoms with van der Waals surface area (Å²) in [5, 5.41) is 3.76. The Kier molecular flexibility index (Phi) is 2.54. The fourth-order valence-corrected chi connectivity index (χ4v) is 2.67. The second-order valence-corrected chi connectivity index (χ2v) is 4.85. The van der Waals surface area contributed by atoms with E-state index in [0.717, 1.165) is 5.69 Å². The van der Waals surface area contributed by atoms with E-state index in [1.54, 1.807) is 6.07 Å². The molecule has 1 aromatic rings. The molecule has 0 radical (unpaired) electrons. The Balaban J connectivity index is 1.81. The van der Waals surface area contributed by atoms with Crippen LogP contribution in [0.2, 0.25) is 0 Å². The Morgan fingerprint density at radius 2 is 1.89 bits per heavy atom. The third kappa shape index (κ3) is 1.66. The highest BCUT2D eigenvalue weighted by Crippen LogP contribution is 2.35. The standard InChI is InChI=1S/C13H14N2O3/c1-8-6-9(18-14-8)7-15-12(16)10-4-2-3-5-11(10)13(15)17/h2-3,6,10-11H,4-5,7H2,1H3. The van der Waals surface area contributed by atoms with Crippen LogP contribution in [0.15, 0.2) is 22.7 Å². The van der Waals surface area contributed by atoms with Gasteiger partial charge in [0.15, 0.2) is 5.76 Å². The van der Waals surface area contributed by atoms with E-state index in [1.807, 2.05) is 19.1 Å². The first-order valence-corrected chi connectivity index (χ1v) is 6.09. The van der Waals surface area contributed by atoms with Gasteiger partial charge in [-0.2, -0.15) is 0 Å². The molecule has 2 atom stereocenters. The van der Waals surface area contributed by atoms with Gasteiger partial charge in [-0.1, -0.05) is 17.3 Å². The van der Waals surface area contributed by atoms with E-state index in [9.17, 15) is 9.59 Å². The average Bonchev–Trinajstić information content (AvgIpc) is 2.88. The predicted octanol–water partition coefficient (Wildman–Crippen LogP) is 1.43. The number of nitrogens with zero attached hydrogens (tertiary/aromatic N) is 2. The lowest BCUT2D eigenvalue weighted by atomic mass is 9.85. The lowest BCUT2D eigenvalue weighted by Gasteiger charge is -2.14. The zero-order chi connectivity index (χ0) is 12.7. The van der Waals surface area contributed by atoms with E-state index in [-0.39, 0.29) is 30.2 Å². The van der Waals surface area contributed by atoms with Gasteiger partial charge in [-0.05, 0) is 19.8 Å². The van der Waals surface area contributed by atoms with Gasteiger partial charge in [0, 0.05) is 6.07 Å². The van der Waals surface area contributed by atoms with Crippen molar-refractivity contribution in [2.45, 2.75) is 26.3 Å². The number of carbonyl (C=O) groups excluding carboxylic acids is 2. The van der Waals surface area contributed by atoms with Crippen LogP contribution in [0, 0.1) is 18.8 Å². The molecule has 5 heteroatoms. The van der Waals surface area contributed by atoms with Crippen LogP contribution >= 0.6 is 0 Å². The summed E-state index contributed by atoms with van der Waals surface area (Å²) < 4.78 is 5.06. The Labute approximate surface area is 104 Å². The molecule has 1 aliphatic carbocycles. The molecule has 0 N–H and O–H groups in total. The summed E-state index contributed by atoms with van der Waals surface area (Å²) in [5.74, 6) is 0.0469. The van der Waals surface area contributed by atoms with Crippen LogP contribution in [0.25, 0.3) is 0 Å². The van der Waals surface area contributed by atoms with E-state index >= 15 is 0 Å². The minimum atomic E-state index is -0.175. The van der Waals surface area contributed by atoms with Gasteiger partial charge in [0.05, 0.1) is 24.1 Å². The van der Waals surface area contributed by atoms with Crippen molar-refractivity contribution in [3.05, 3.63) is 29.7 Å². The Hall–Kier alpha value is -1.91. The molecule has 0 bridgehead atoms. The molecule has 0 aromatic carbocycles. The first kappa shape index (κ1) is 11.2. The fourth-order valence-electron chi connectivity index (χ4n) is 2.67. The number of likely N-dealkylation sites (tertiary alicyclic amines) is 1. The van der Waals surface area contributed by atoms with Crippen LogP contribution in [0.5, 0.6) is 0 Å². The van der Waals surface area contributed by atoms with E-state index in [2.05, 4.69) is 5.16 Å². The molecule has 2 unspecified atom stereocenters. The number of aryl methyl sites for hydroxylation is 1. The minimum Gasteiger partial charge on any atom is -0.359 e. The van der Waals surface area contributed by atoms with Crippen LogP contribution in [0.3, 0.4) is 0 Å². The first-order chi connectivity index (χ1) is 8.66. The molecule has 0 spiro atoms. The number of fused-ring (bicyclic) bond motifs is 1. The number of rotatable bonds is 2. The van der Waals surface area contributed by atoms with Crippen molar-refractivity contribution in [1.29, 1.82) is 0 Å². The van der Waals surface area contributed by atoms with Gasteiger partial charge in [0.1, 0.15) is 0 Å². The highest BCUT2D eigenvalue weighted by atomic mass is 16.5. The monoisotopic (exact) mass is 246 g/mol. The molecule has 3 rings (SSSR count). The number of aromatic nitrogens is 1. The molecule has 2 aliphatic rings. The van der Waals surface area contributed by atoms with Crippen LogP contribution in [0.4, 0.5) is 0 Å². The van der Waals surface area contributed by atoms with Crippen LogP contribution in [0.1, 0.15) is 24.3 Å². The van der Waals surface area contributed by atoms with Crippen molar-refractivity contribution >= 4 is 11.8 Å². The molecule has 1 fully saturated rings. The number of carbonyl (C=O) groups is 2. The molecule has 2 amide bonds. The summed E-state index contributed by atoms with van der Waals surface area (Å²) in [4.78, 5) is 25.6. The lowest BCUT2D eigenvalue weighted by molar-refractivity contribution is -0.140. The van der Waals surface area contributed by atoms with Gasteiger partial charge in [-0.25, -0.2) is 0 Å². The van der Waals surface area contributed by atoms with Gasteiger partial charge in [0.2, 0.25) is 11.8 Å². The van der Waals surface area contributed by atoms with Crippen LogP contribution < -0.4 is 0 Å². The van der Waals surface area contributed by atoms with Crippen molar-refractivity contribution in [3.8, 4) is 0 Å². The molecule has 18 heavy (non-hydrogen) atoms. The first-order valence-electron chi connectivity index (χ1n) is 6.09. The van der Waals surface area contributed by atoms with Crippen molar-refractivity contribution in [1.82, 2.24) is 10.1 Å². The van der Waals surface area contributed by atoms with Gasteiger partial charge in [0.25, 0.3) is 0 Å². The summed E-state index contributed by atoms with van der Waals surface area (Å²) in [6.45, 7) is 2.01. The summed E-state index contributed by atoms with van der Waals surface area (Å²) >= 11 is 0. The van der Waals surface area contributed by atoms with Crippen LogP contribution in [-0.2, 0) is 16.1 Å². The largest absolute Gasteiger partial charge is 0.359 e. The molecule has 0 saturated carbocycles. The van der Waals surface area contributed by atoms with Crippen molar-refractivity contribution in [2.75, 3.05) is 0 Å². The Morgan fingerprint density at radius 1 is 1.28 bits per heavy atom.